The van der Waals surface area contributed by atoms with Gasteiger partial charge in [0, 0.05) is 37.1 Å². The molecule has 0 spiro atoms. The molecule has 0 heterocycles. The van der Waals surface area contributed by atoms with Crippen LogP contribution in [0.2, 0.25) is 0 Å². The van der Waals surface area contributed by atoms with Crippen LogP contribution in [-0.4, -0.2) is 74.5 Å². The largest absolute Gasteiger partial charge is 0.325 e. The number of fused-ring (bicyclic) bond motifs is 2. The first-order valence-corrected chi connectivity index (χ1v) is 10.4. The number of halogens is 1. The maximum atomic E-state index is 13.3. The predicted octanol–water partition coefficient (Wildman–Crippen LogP) is 2.66. The lowest BCUT2D eigenvalue weighted by Crippen LogP contribution is -2.27. The van der Waals surface area contributed by atoms with E-state index in [2.05, 4.69) is 10.6 Å². The minimum Gasteiger partial charge on any atom is -0.325 e. The van der Waals surface area contributed by atoms with Gasteiger partial charge in [0.05, 0.1) is 22.5 Å². The van der Waals surface area contributed by atoms with Crippen LogP contribution in [0.25, 0.3) is 0 Å². The van der Waals surface area contributed by atoms with Gasteiger partial charge in [0.2, 0.25) is 11.8 Å². The Hall–Kier alpha value is -3.07. The van der Waals surface area contributed by atoms with Crippen LogP contribution < -0.4 is 10.6 Å². The number of hydrogen-bond donors (Lipinski definition) is 2. The fourth-order valence-electron chi connectivity index (χ4n) is 3.51. The Labute approximate surface area is 199 Å². The van der Waals surface area contributed by atoms with Crippen LogP contribution in [-0.2, 0) is 9.59 Å². The molecule has 33 heavy (non-hydrogen) atoms. The molecule has 2 aromatic carbocycles. The Morgan fingerprint density at radius 1 is 0.697 bits per heavy atom. The van der Waals surface area contributed by atoms with E-state index in [9.17, 15) is 19.2 Å². The molecule has 0 saturated carbocycles. The van der Waals surface area contributed by atoms with Gasteiger partial charge in [-0.3, -0.25) is 19.2 Å². The third kappa shape index (κ3) is 6.04. The quantitative estimate of drug-likeness (QED) is 0.523. The van der Waals surface area contributed by atoms with Crippen molar-refractivity contribution in [3.05, 3.63) is 58.7 Å². The molecule has 2 amide bonds. The first kappa shape index (κ1) is 26.2. The fraction of sp³-hybridized carbons (Fsp3) is 0.333. The van der Waals surface area contributed by atoms with Crippen molar-refractivity contribution in [1.82, 2.24) is 9.80 Å². The molecule has 0 bridgehead atoms. The van der Waals surface area contributed by atoms with Gasteiger partial charge in [0.15, 0.2) is 11.6 Å². The Balaban J connectivity index is 0.00000385. The molecule has 1 aliphatic rings. The van der Waals surface area contributed by atoms with Crippen molar-refractivity contribution in [1.29, 1.82) is 0 Å². The second kappa shape index (κ2) is 11.2. The summed E-state index contributed by atoms with van der Waals surface area (Å²) in [5.41, 5.74) is 1.31. The molecular weight excluding hydrogens is 444 g/mol. The number of hydrogen-bond acceptors (Lipinski definition) is 6. The molecule has 8 nitrogen and oxygen atoms in total. The topological polar surface area (TPSA) is 98.8 Å². The Morgan fingerprint density at radius 2 is 1.06 bits per heavy atom. The van der Waals surface area contributed by atoms with Crippen LogP contribution in [0.4, 0.5) is 11.4 Å². The number of rotatable bonds is 8. The van der Waals surface area contributed by atoms with Crippen molar-refractivity contribution in [2.75, 3.05) is 51.9 Å². The minimum atomic E-state index is -0.359. The highest BCUT2D eigenvalue weighted by molar-refractivity contribution is 6.32. The first-order valence-electron chi connectivity index (χ1n) is 10.4. The third-order valence-corrected chi connectivity index (χ3v) is 5.20. The summed E-state index contributed by atoms with van der Waals surface area (Å²) < 4.78 is 0. The molecule has 0 radical (unpaired) electrons. The lowest BCUT2D eigenvalue weighted by atomic mass is 9.82. The molecule has 0 fully saturated rings. The molecule has 9 heteroatoms. The predicted molar refractivity (Wildman–Crippen MR) is 131 cm³/mol. The van der Waals surface area contributed by atoms with Gasteiger partial charge in [0.1, 0.15) is 0 Å². The lowest BCUT2D eigenvalue weighted by Gasteiger charge is -2.23. The Bertz CT molecular complexity index is 998. The standard InChI is InChI=1S/C24H28N4O4.ClH/c1-27(2)13-11-19(29)25-17-9-10-18(26-20(30)12-14-28(3)4)22-21(17)23(31)15-7-5-6-8-16(15)24(22)32;/h5-10H,11-14H2,1-4H3,(H,25,29)(H,26,30);1H. The van der Waals surface area contributed by atoms with Gasteiger partial charge in [-0.15, -0.1) is 12.4 Å². The van der Waals surface area contributed by atoms with Gasteiger partial charge in [0.25, 0.3) is 0 Å². The molecule has 1 aliphatic carbocycles. The van der Waals surface area contributed by atoms with Gasteiger partial charge in [-0.05, 0) is 40.3 Å². The summed E-state index contributed by atoms with van der Waals surface area (Å²) in [5, 5.41) is 5.54. The molecule has 0 aliphatic heterocycles. The summed E-state index contributed by atoms with van der Waals surface area (Å²) in [7, 11) is 7.45. The molecular formula is C24H29ClN4O4. The van der Waals surface area contributed by atoms with E-state index in [1.54, 1.807) is 36.4 Å². The second-order valence-corrected chi connectivity index (χ2v) is 8.32. The van der Waals surface area contributed by atoms with Crippen LogP contribution >= 0.6 is 12.4 Å². The number of ketones is 2. The van der Waals surface area contributed by atoms with Crippen LogP contribution in [0.1, 0.15) is 44.7 Å². The Kier molecular flexibility index (Phi) is 8.87. The normalized spacial score (nSPS) is 12.2. The van der Waals surface area contributed by atoms with Crippen molar-refractivity contribution in [3.63, 3.8) is 0 Å². The van der Waals surface area contributed by atoms with Crippen LogP contribution in [0.3, 0.4) is 0 Å². The lowest BCUT2D eigenvalue weighted by molar-refractivity contribution is -0.117. The molecule has 0 atom stereocenters. The van der Waals surface area contributed by atoms with E-state index in [-0.39, 0.29) is 82.3 Å². The summed E-state index contributed by atoms with van der Waals surface area (Å²) in [6.45, 7) is 1.09. The molecule has 0 saturated heterocycles. The van der Waals surface area contributed by atoms with Gasteiger partial charge < -0.3 is 20.4 Å². The molecule has 2 N–H and O–H groups in total. The van der Waals surface area contributed by atoms with Crippen molar-refractivity contribution in [3.8, 4) is 0 Å². The maximum absolute atomic E-state index is 13.3. The summed E-state index contributed by atoms with van der Waals surface area (Å²) in [5.74, 6) is -1.24. The van der Waals surface area contributed by atoms with E-state index in [1.807, 2.05) is 38.0 Å². The zero-order valence-corrected chi connectivity index (χ0v) is 20.0. The summed E-state index contributed by atoms with van der Waals surface area (Å²) in [6.07, 6.45) is 0.479. The first-order chi connectivity index (χ1) is 15.2. The van der Waals surface area contributed by atoms with Crippen LogP contribution in [0, 0.1) is 0 Å². The maximum Gasteiger partial charge on any atom is 0.225 e. The average Bonchev–Trinajstić information content (AvgIpc) is 2.75. The number of carbonyl (C=O) groups is 4. The molecule has 176 valence electrons. The van der Waals surface area contributed by atoms with Crippen molar-refractivity contribution < 1.29 is 19.2 Å². The van der Waals surface area contributed by atoms with Crippen molar-refractivity contribution in [2.45, 2.75) is 12.8 Å². The number of nitrogens with one attached hydrogen (secondary N) is 2. The van der Waals surface area contributed by atoms with Gasteiger partial charge in [-0.2, -0.15) is 0 Å². The number of carbonyl (C=O) groups excluding carboxylic acids is 4. The summed E-state index contributed by atoms with van der Waals surface area (Å²) in [4.78, 5) is 55.3. The van der Waals surface area contributed by atoms with E-state index >= 15 is 0 Å². The minimum absolute atomic E-state index is 0. The van der Waals surface area contributed by atoms with Crippen molar-refractivity contribution in [2.24, 2.45) is 0 Å². The zero-order valence-electron chi connectivity index (χ0n) is 19.2. The van der Waals surface area contributed by atoms with Crippen molar-refractivity contribution >= 4 is 47.2 Å². The van der Waals surface area contributed by atoms with E-state index in [4.69, 9.17) is 0 Å². The van der Waals surface area contributed by atoms with Gasteiger partial charge in [-0.1, -0.05) is 24.3 Å². The molecule has 0 unspecified atom stereocenters. The van der Waals surface area contributed by atoms with Crippen LogP contribution in [0.15, 0.2) is 36.4 Å². The highest BCUT2D eigenvalue weighted by Crippen LogP contribution is 2.36. The smallest absolute Gasteiger partial charge is 0.225 e. The van der Waals surface area contributed by atoms with E-state index in [0.717, 1.165) is 0 Å². The van der Waals surface area contributed by atoms with E-state index in [1.165, 1.54) is 0 Å². The highest BCUT2D eigenvalue weighted by atomic mass is 35.5. The monoisotopic (exact) mass is 472 g/mol. The number of amides is 2. The molecule has 3 rings (SSSR count). The average molecular weight is 473 g/mol. The number of nitrogens with zero attached hydrogens (tertiary/aromatic N) is 2. The Morgan fingerprint density at radius 3 is 1.39 bits per heavy atom. The molecule has 2 aromatic rings. The SMILES string of the molecule is CN(C)CCC(=O)Nc1ccc(NC(=O)CCN(C)C)c2c1C(=O)c1ccccc1C2=O.Cl. The summed E-state index contributed by atoms with van der Waals surface area (Å²) >= 11 is 0. The van der Waals surface area contributed by atoms with Crippen LogP contribution in [0.5, 0.6) is 0 Å². The van der Waals surface area contributed by atoms with Gasteiger partial charge in [-0.25, -0.2) is 0 Å². The molecule has 0 aromatic heterocycles. The zero-order chi connectivity index (χ0) is 23.4. The van der Waals surface area contributed by atoms with E-state index in [0.29, 0.717) is 13.1 Å². The number of anilines is 2. The fourth-order valence-corrected chi connectivity index (χ4v) is 3.51. The highest BCUT2D eigenvalue weighted by Gasteiger charge is 2.34. The second-order valence-electron chi connectivity index (χ2n) is 8.32. The summed E-state index contributed by atoms with van der Waals surface area (Å²) in [6, 6.07) is 9.70. The van der Waals surface area contributed by atoms with Gasteiger partial charge >= 0.3 is 0 Å². The third-order valence-electron chi connectivity index (χ3n) is 5.20. The number of benzene rings is 2. The van der Waals surface area contributed by atoms with E-state index < -0.39 is 0 Å².